The van der Waals surface area contributed by atoms with Gasteiger partial charge in [0.05, 0.1) is 18.5 Å². The molecule has 0 radical (unpaired) electrons. The fourth-order valence-electron chi connectivity index (χ4n) is 3.91. The zero-order valence-corrected chi connectivity index (χ0v) is 15.6. The van der Waals surface area contributed by atoms with E-state index in [1.807, 2.05) is 6.07 Å². The summed E-state index contributed by atoms with van der Waals surface area (Å²) in [6, 6.07) is 7.10. The van der Waals surface area contributed by atoms with E-state index in [9.17, 15) is 13.2 Å². The summed E-state index contributed by atoms with van der Waals surface area (Å²) in [6.07, 6.45) is 5.44. The number of carboxylic acid groups (broad SMARTS) is 1. The summed E-state index contributed by atoms with van der Waals surface area (Å²) < 4.78 is 39.1. The van der Waals surface area contributed by atoms with Gasteiger partial charge in [-0.2, -0.15) is 8.42 Å². The maximum absolute atomic E-state index is 11.4. The van der Waals surface area contributed by atoms with E-state index in [0.29, 0.717) is 19.0 Å². The van der Waals surface area contributed by atoms with Crippen LogP contribution in [0.2, 0.25) is 0 Å². The second kappa shape index (κ2) is 7.17. The fourth-order valence-corrected chi connectivity index (χ4v) is 4.37. The predicted octanol–water partition coefficient (Wildman–Crippen LogP) is 2.30. The lowest BCUT2D eigenvalue weighted by Gasteiger charge is -2.53. The van der Waals surface area contributed by atoms with Gasteiger partial charge < -0.3 is 18.8 Å². The van der Waals surface area contributed by atoms with Crippen LogP contribution in [0, 0.1) is 5.41 Å². The molecule has 3 fully saturated rings. The lowest BCUT2D eigenvalue weighted by atomic mass is 9.63. The minimum Gasteiger partial charge on any atom is -0.480 e. The molecule has 0 atom stereocenters. The summed E-state index contributed by atoms with van der Waals surface area (Å²) >= 11 is 0. The van der Waals surface area contributed by atoms with E-state index in [0.717, 1.165) is 43.9 Å². The van der Waals surface area contributed by atoms with Crippen LogP contribution in [-0.2, 0) is 30.0 Å². The zero-order valence-electron chi connectivity index (χ0n) is 14.8. The molecule has 26 heavy (non-hydrogen) atoms. The Morgan fingerprint density at radius 3 is 2.58 bits per heavy atom. The van der Waals surface area contributed by atoms with Crippen molar-refractivity contribution in [3.8, 4) is 5.75 Å². The summed E-state index contributed by atoms with van der Waals surface area (Å²) in [7, 11) is -3.57. The van der Waals surface area contributed by atoms with Crippen LogP contribution in [0.5, 0.6) is 5.75 Å². The van der Waals surface area contributed by atoms with Gasteiger partial charge >= 0.3 is 16.1 Å². The van der Waals surface area contributed by atoms with Crippen molar-refractivity contribution < 1.29 is 32.0 Å². The molecule has 2 heterocycles. The molecule has 8 heteroatoms. The molecule has 1 aromatic rings. The Balaban J connectivity index is 1.64. The molecule has 1 N–H and O–H groups in total. The second-order valence-electron chi connectivity index (χ2n) is 7.29. The first-order valence-electron chi connectivity index (χ1n) is 8.66. The van der Waals surface area contributed by atoms with Crippen LogP contribution in [0.3, 0.4) is 0 Å². The van der Waals surface area contributed by atoms with Crippen molar-refractivity contribution in [1.82, 2.24) is 0 Å². The molecule has 3 aliphatic rings. The van der Waals surface area contributed by atoms with Crippen LogP contribution in [0.25, 0.3) is 0 Å². The van der Waals surface area contributed by atoms with Crippen LogP contribution in [0.1, 0.15) is 37.7 Å². The Kier molecular flexibility index (Phi) is 5.28. The largest absolute Gasteiger partial charge is 0.480 e. The summed E-state index contributed by atoms with van der Waals surface area (Å²) in [5.41, 5.74) is 0.580. The predicted molar refractivity (Wildman–Crippen MR) is 93.5 cm³/mol. The van der Waals surface area contributed by atoms with Gasteiger partial charge in [-0.3, -0.25) is 0 Å². The van der Waals surface area contributed by atoms with E-state index in [-0.39, 0.29) is 12.0 Å². The third-order valence-corrected chi connectivity index (χ3v) is 5.88. The highest BCUT2D eigenvalue weighted by Crippen LogP contribution is 2.55. The second-order valence-corrected chi connectivity index (χ2v) is 8.87. The summed E-state index contributed by atoms with van der Waals surface area (Å²) in [5, 5.41) is 8.64. The first-order valence-corrected chi connectivity index (χ1v) is 10.5. The number of hydrogen-bond acceptors (Lipinski definition) is 6. The van der Waals surface area contributed by atoms with Gasteiger partial charge in [-0.25, -0.2) is 4.79 Å². The van der Waals surface area contributed by atoms with Crippen molar-refractivity contribution in [2.45, 2.75) is 37.7 Å². The molecule has 4 rings (SSSR count). The minimum absolute atomic E-state index is 0.0428. The van der Waals surface area contributed by atoms with Crippen LogP contribution >= 0.6 is 0 Å². The SMILES string of the molecule is CS(=O)(=O)Oc1cccc(C23CCC(CCOCC(=O)O)(CC2)CO3)c1. The maximum Gasteiger partial charge on any atom is 0.329 e. The maximum atomic E-state index is 11.4. The molecule has 0 aromatic heterocycles. The summed E-state index contributed by atoms with van der Waals surface area (Å²) in [6.45, 7) is 0.745. The first kappa shape index (κ1) is 19.1. The molecule has 0 amide bonds. The first-order chi connectivity index (χ1) is 12.2. The van der Waals surface area contributed by atoms with Gasteiger partial charge in [-0.15, -0.1) is 0 Å². The zero-order chi connectivity index (χ0) is 18.8. The average Bonchev–Trinajstić information content (AvgIpc) is 2.59. The number of aliphatic carboxylic acids is 1. The number of benzene rings is 1. The van der Waals surface area contributed by atoms with Crippen molar-refractivity contribution >= 4 is 16.1 Å². The Morgan fingerprint density at radius 1 is 1.27 bits per heavy atom. The van der Waals surface area contributed by atoms with Gasteiger partial charge in [0.15, 0.2) is 0 Å². The normalized spacial score (nSPS) is 28.0. The fraction of sp³-hybridized carbons (Fsp3) is 0.611. The third-order valence-electron chi connectivity index (χ3n) is 5.38. The highest BCUT2D eigenvalue weighted by atomic mass is 32.2. The summed E-state index contributed by atoms with van der Waals surface area (Å²) in [5.74, 6) is -0.659. The van der Waals surface area contributed by atoms with E-state index in [4.69, 9.17) is 18.8 Å². The number of hydrogen-bond donors (Lipinski definition) is 1. The molecule has 144 valence electrons. The van der Waals surface area contributed by atoms with E-state index in [1.54, 1.807) is 18.2 Å². The molecule has 2 bridgehead atoms. The number of carbonyl (C=O) groups is 1. The van der Waals surface area contributed by atoms with Crippen LogP contribution in [0.4, 0.5) is 0 Å². The molecular weight excluding hydrogens is 360 g/mol. The van der Waals surface area contributed by atoms with Gasteiger partial charge in [-0.1, -0.05) is 12.1 Å². The van der Waals surface area contributed by atoms with Crippen molar-refractivity contribution in [2.75, 3.05) is 26.1 Å². The quantitative estimate of drug-likeness (QED) is 0.542. The van der Waals surface area contributed by atoms with Gasteiger partial charge in [-0.05, 0) is 55.2 Å². The summed E-state index contributed by atoms with van der Waals surface area (Å²) in [4.78, 5) is 10.5. The molecule has 2 saturated heterocycles. The van der Waals surface area contributed by atoms with E-state index < -0.39 is 21.7 Å². The lowest BCUT2D eigenvalue weighted by molar-refractivity contribution is -0.194. The van der Waals surface area contributed by atoms with Gasteiger partial charge in [0.2, 0.25) is 0 Å². The minimum atomic E-state index is -3.57. The molecule has 0 spiro atoms. The van der Waals surface area contributed by atoms with Crippen molar-refractivity contribution in [1.29, 1.82) is 0 Å². The van der Waals surface area contributed by atoms with E-state index >= 15 is 0 Å². The number of ether oxygens (including phenoxy) is 2. The van der Waals surface area contributed by atoms with Crippen LogP contribution < -0.4 is 4.18 Å². The van der Waals surface area contributed by atoms with Crippen molar-refractivity contribution in [3.05, 3.63) is 29.8 Å². The molecule has 1 aromatic carbocycles. The molecule has 1 saturated carbocycles. The number of rotatable bonds is 8. The topological polar surface area (TPSA) is 99.1 Å². The number of carboxylic acids is 1. The highest BCUT2D eigenvalue weighted by molar-refractivity contribution is 7.86. The molecule has 2 aliphatic heterocycles. The number of fused-ring (bicyclic) bond motifs is 3. The smallest absolute Gasteiger partial charge is 0.329 e. The van der Waals surface area contributed by atoms with E-state index in [1.165, 1.54) is 0 Å². The Morgan fingerprint density at radius 2 is 2.00 bits per heavy atom. The molecular formula is C18H24O7S. The Bertz CT molecular complexity index is 747. The molecule has 0 unspecified atom stereocenters. The van der Waals surface area contributed by atoms with Crippen LogP contribution in [-0.4, -0.2) is 45.6 Å². The van der Waals surface area contributed by atoms with E-state index in [2.05, 4.69) is 0 Å². The molecule has 7 nitrogen and oxygen atoms in total. The average molecular weight is 384 g/mol. The van der Waals surface area contributed by atoms with Gasteiger partial charge in [0.1, 0.15) is 12.4 Å². The Hall–Kier alpha value is -1.64. The van der Waals surface area contributed by atoms with Crippen molar-refractivity contribution in [3.63, 3.8) is 0 Å². The monoisotopic (exact) mass is 384 g/mol. The molecule has 1 aliphatic carbocycles. The van der Waals surface area contributed by atoms with Gasteiger partial charge in [0.25, 0.3) is 0 Å². The third kappa shape index (κ3) is 4.36. The lowest BCUT2D eigenvalue weighted by Crippen LogP contribution is -2.49. The Labute approximate surface area is 153 Å². The standard InChI is InChI=1S/C18H24O7S/c1-26(21,22)25-15-4-2-3-14(11-15)18-7-5-17(6-8-18,13-24-18)9-10-23-12-16(19)20/h2-4,11H,5-10,12-13H2,1H3,(H,19,20). The van der Waals surface area contributed by atoms with Crippen molar-refractivity contribution in [2.24, 2.45) is 5.41 Å². The highest BCUT2D eigenvalue weighted by Gasteiger charge is 2.50. The van der Waals surface area contributed by atoms with Crippen LogP contribution in [0.15, 0.2) is 24.3 Å². The van der Waals surface area contributed by atoms with Gasteiger partial charge in [0, 0.05) is 6.61 Å².